The van der Waals surface area contributed by atoms with Gasteiger partial charge < -0.3 is 4.57 Å². The average Bonchev–Trinajstić information content (AvgIpc) is 2.61. The minimum atomic E-state index is 0.607. The van der Waals surface area contributed by atoms with Gasteiger partial charge in [0.2, 0.25) is 5.28 Å². The molecule has 0 aliphatic carbocycles. The number of hydrogen-bond acceptors (Lipinski definition) is 1. The molecule has 0 fully saturated rings. The van der Waals surface area contributed by atoms with E-state index in [-0.39, 0.29) is 0 Å². The van der Waals surface area contributed by atoms with Crippen molar-refractivity contribution in [2.24, 2.45) is 5.92 Å². The molecule has 86 valence electrons. The molecule has 1 unspecified atom stereocenters. The van der Waals surface area contributed by atoms with Gasteiger partial charge in [-0.15, -0.1) is 0 Å². The van der Waals surface area contributed by atoms with Gasteiger partial charge in [0.15, 0.2) is 0 Å². The van der Waals surface area contributed by atoms with Crippen molar-refractivity contribution in [3.05, 3.63) is 17.7 Å². The molecule has 0 aliphatic heterocycles. The van der Waals surface area contributed by atoms with E-state index in [1.807, 2.05) is 10.8 Å². The third-order valence-electron chi connectivity index (χ3n) is 2.83. The Morgan fingerprint density at radius 2 is 2.20 bits per heavy atom. The normalized spacial score (nSPS) is 13.0. The smallest absolute Gasteiger partial charge is 0.202 e. The molecule has 0 bridgehead atoms. The molecular formula is C12H21ClN2. The van der Waals surface area contributed by atoms with E-state index in [2.05, 4.69) is 18.8 Å². The largest absolute Gasteiger partial charge is 0.322 e. The first-order valence-electron chi connectivity index (χ1n) is 5.90. The van der Waals surface area contributed by atoms with Crippen LogP contribution < -0.4 is 0 Å². The van der Waals surface area contributed by atoms with Crippen molar-refractivity contribution in [3.63, 3.8) is 0 Å². The molecule has 0 aliphatic rings. The predicted molar refractivity (Wildman–Crippen MR) is 65.2 cm³/mol. The highest BCUT2D eigenvalue weighted by molar-refractivity contribution is 6.28. The molecule has 0 radical (unpaired) electrons. The molecule has 1 atom stereocenters. The maximum Gasteiger partial charge on any atom is 0.202 e. The molecule has 15 heavy (non-hydrogen) atoms. The summed E-state index contributed by atoms with van der Waals surface area (Å²) in [6.07, 6.45) is 10.2. The summed E-state index contributed by atoms with van der Waals surface area (Å²) in [5.74, 6) is 0.787. The van der Waals surface area contributed by atoms with Crippen molar-refractivity contribution in [2.45, 2.75) is 52.5 Å². The highest BCUT2D eigenvalue weighted by Gasteiger charge is 2.04. The second-order valence-electron chi connectivity index (χ2n) is 4.28. The summed E-state index contributed by atoms with van der Waals surface area (Å²) < 4.78 is 2.01. The molecule has 1 aromatic heterocycles. The summed E-state index contributed by atoms with van der Waals surface area (Å²) in [5.41, 5.74) is 0. The molecule has 0 saturated carbocycles. The number of rotatable bonds is 7. The first-order chi connectivity index (χ1) is 7.24. The zero-order valence-corrected chi connectivity index (χ0v) is 10.5. The number of imidazole rings is 1. The van der Waals surface area contributed by atoms with Gasteiger partial charge in [-0.3, -0.25) is 0 Å². The zero-order valence-electron chi connectivity index (χ0n) is 9.75. The molecule has 0 amide bonds. The first kappa shape index (κ1) is 12.6. The minimum Gasteiger partial charge on any atom is -0.322 e. The highest BCUT2D eigenvalue weighted by Crippen LogP contribution is 2.15. The number of hydrogen-bond donors (Lipinski definition) is 0. The van der Waals surface area contributed by atoms with Crippen LogP contribution in [0.4, 0.5) is 0 Å². The van der Waals surface area contributed by atoms with Crippen LogP contribution >= 0.6 is 11.6 Å². The van der Waals surface area contributed by atoms with E-state index >= 15 is 0 Å². The van der Waals surface area contributed by atoms with E-state index in [0.29, 0.717) is 5.28 Å². The minimum absolute atomic E-state index is 0.607. The summed E-state index contributed by atoms with van der Waals surface area (Å²) in [4.78, 5) is 4.00. The fourth-order valence-electron chi connectivity index (χ4n) is 1.72. The Bertz CT molecular complexity index is 270. The van der Waals surface area contributed by atoms with E-state index in [1.165, 1.54) is 32.1 Å². The van der Waals surface area contributed by atoms with Crippen molar-refractivity contribution >= 4 is 11.6 Å². The molecule has 0 spiro atoms. The van der Waals surface area contributed by atoms with E-state index in [9.17, 15) is 0 Å². The van der Waals surface area contributed by atoms with E-state index in [4.69, 9.17) is 11.6 Å². The second kappa shape index (κ2) is 6.89. The van der Waals surface area contributed by atoms with Crippen LogP contribution in [0.25, 0.3) is 0 Å². The summed E-state index contributed by atoms with van der Waals surface area (Å²) in [5, 5.41) is 0.607. The fourth-order valence-corrected chi connectivity index (χ4v) is 1.92. The molecule has 1 aromatic rings. The molecular weight excluding hydrogens is 208 g/mol. The van der Waals surface area contributed by atoms with Crippen LogP contribution in [0.2, 0.25) is 5.28 Å². The van der Waals surface area contributed by atoms with Crippen molar-refractivity contribution < 1.29 is 0 Å². The van der Waals surface area contributed by atoms with E-state index < -0.39 is 0 Å². The van der Waals surface area contributed by atoms with Crippen molar-refractivity contribution in [1.82, 2.24) is 9.55 Å². The molecule has 0 aromatic carbocycles. The van der Waals surface area contributed by atoms with Crippen molar-refractivity contribution in [2.75, 3.05) is 0 Å². The van der Waals surface area contributed by atoms with Gasteiger partial charge in [-0.1, -0.05) is 39.5 Å². The van der Waals surface area contributed by atoms with Crippen LogP contribution in [0.5, 0.6) is 0 Å². The number of aromatic nitrogens is 2. The zero-order chi connectivity index (χ0) is 11.1. The van der Waals surface area contributed by atoms with E-state index in [0.717, 1.165) is 12.5 Å². The van der Waals surface area contributed by atoms with Gasteiger partial charge in [-0.25, -0.2) is 4.98 Å². The van der Waals surface area contributed by atoms with Gasteiger partial charge in [0.05, 0.1) is 0 Å². The Morgan fingerprint density at radius 1 is 1.40 bits per heavy atom. The van der Waals surface area contributed by atoms with Gasteiger partial charge >= 0.3 is 0 Å². The van der Waals surface area contributed by atoms with Crippen molar-refractivity contribution in [3.8, 4) is 0 Å². The van der Waals surface area contributed by atoms with Crippen LogP contribution in [0.3, 0.4) is 0 Å². The molecule has 0 N–H and O–H groups in total. The summed E-state index contributed by atoms with van der Waals surface area (Å²) >= 11 is 5.90. The lowest BCUT2D eigenvalue weighted by atomic mass is 10.00. The number of halogens is 1. The molecule has 1 rings (SSSR count). The van der Waals surface area contributed by atoms with Crippen LogP contribution in [0, 0.1) is 5.92 Å². The third kappa shape index (κ3) is 4.70. The van der Waals surface area contributed by atoms with Gasteiger partial charge in [0, 0.05) is 18.9 Å². The van der Waals surface area contributed by atoms with Gasteiger partial charge in [0.1, 0.15) is 0 Å². The third-order valence-corrected chi connectivity index (χ3v) is 3.14. The van der Waals surface area contributed by atoms with Crippen LogP contribution in [0.15, 0.2) is 12.4 Å². The second-order valence-corrected chi connectivity index (χ2v) is 4.62. The number of nitrogens with zero attached hydrogens (tertiary/aromatic N) is 2. The van der Waals surface area contributed by atoms with Gasteiger partial charge in [0.25, 0.3) is 0 Å². The number of unbranched alkanes of at least 4 members (excludes halogenated alkanes) is 2. The van der Waals surface area contributed by atoms with Crippen molar-refractivity contribution in [1.29, 1.82) is 0 Å². The van der Waals surface area contributed by atoms with E-state index in [1.54, 1.807) is 6.20 Å². The molecule has 0 saturated heterocycles. The Hall–Kier alpha value is -0.500. The Labute approximate surface area is 97.7 Å². The molecule has 1 heterocycles. The predicted octanol–water partition coefficient (Wildman–Crippen LogP) is 4.14. The SMILES string of the molecule is CCCCCC(C)CCn1ccnc1Cl. The van der Waals surface area contributed by atoms with Crippen LogP contribution in [0.1, 0.15) is 46.0 Å². The van der Waals surface area contributed by atoms with Gasteiger partial charge in [-0.05, 0) is 23.9 Å². The summed E-state index contributed by atoms with van der Waals surface area (Å²) in [6, 6.07) is 0. The average molecular weight is 229 g/mol. The fraction of sp³-hybridized carbons (Fsp3) is 0.750. The molecule has 2 nitrogen and oxygen atoms in total. The maximum atomic E-state index is 5.90. The van der Waals surface area contributed by atoms with Crippen LogP contribution in [-0.2, 0) is 6.54 Å². The standard InChI is InChI=1S/C12H21ClN2/c1-3-4-5-6-11(2)7-9-15-10-8-14-12(15)13/h8,10-11H,3-7,9H2,1-2H3. The topological polar surface area (TPSA) is 17.8 Å². The van der Waals surface area contributed by atoms with Gasteiger partial charge in [-0.2, -0.15) is 0 Å². The lowest BCUT2D eigenvalue weighted by Crippen LogP contribution is -2.03. The summed E-state index contributed by atoms with van der Waals surface area (Å²) in [7, 11) is 0. The van der Waals surface area contributed by atoms with Crippen LogP contribution in [-0.4, -0.2) is 9.55 Å². The lowest BCUT2D eigenvalue weighted by molar-refractivity contribution is 0.432. The Morgan fingerprint density at radius 3 is 2.80 bits per heavy atom. The Kier molecular flexibility index (Phi) is 5.77. The molecule has 3 heteroatoms. The monoisotopic (exact) mass is 228 g/mol. The first-order valence-corrected chi connectivity index (χ1v) is 6.28. The lowest BCUT2D eigenvalue weighted by Gasteiger charge is -2.11. The number of aryl methyl sites for hydroxylation is 1. The highest BCUT2D eigenvalue weighted by atomic mass is 35.5. The maximum absolute atomic E-state index is 5.90. The summed E-state index contributed by atoms with van der Waals surface area (Å²) in [6.45, 7) is 5.56. The quantitative estimate of drug-likeness (QED) is 0.642. The Balaban J connectivity index is 2.16.